The van der Waals surface area contributed by atoms with Gasteiger partial charge in [-0.1, -0.05) is 13.0 Å². The second-order valence-electron chi connectivity index (χ2n) is 3.89. The molecule has 1 heterocycles. The van der Waals surface area contributed by atoms with E-state index in [9.17, 15) is 4.79 Å². The molecule has 1 aromatic heterocycles. The molecule has 0 aliphatic heterocycles. The third kappa shape index (κ3) is 1.56. The molecule has 2 aromatic rings. The topological polar surface area (TPSA) is 55.1 Å². The van der Waals surface area contributed by atoms with Crippen LogP contribution in [0, 0.1) is 0 Å². The van der Waals surface area contributed by atoms with Gasteiger partial charge in [0, 0.05) is 6.04 Å². The number of nitrogens with zero attached hydrogens (tertiary/aromatic N) is 2. The Morgan fingerprint density at radius 2 is 2.31 bits per heavy atom. The molecule has 84 valence electrons. The van der Waals surface area contributed by atoms with Crippen molar-refractivity contribution >= 4 is 17.0 Å². The summed E-state index contributed by atoms with van der Waals surface area (Å²) >= 11 is 0. The zero-order valence-corrected chi connectivity index (χ0v) is 9.34. The van der Waals surface area contributed by atoms with Gasteiger partial charge in [0.2, 0.25) is 0 Å². The lowest BCUT2D eigenvalue weighted by Gasteiger charge is -2.11. The number of imidazole rings is 1. The van der Waals surface area contributed by atoms with Crippen LogP contribution < -0.4 is 0 Å². The molecule has 1 N–H and O–H groups in total. The summed E-state index contributed by atoms with van der Waals surface area (Å²) in [4.78, 5) is 15.2. The van der Waals surface area contributed by atoms with Crippen LogP contribution in [0.15, 0.2) is 24.5 Å². The molecule has 1 aromatic carbocycles. The quantitative estimate of drug-likeness (QED) is 0.861. The summed E-state index contributed by atoms with van der Waals surface area (Å²) in [6.45, 7) is 4.19. The number of aromatic nitrogens is 2. The molecule has 0 bridgehead atoms. The Balaban J connectivity index is 2.66. The number of aromatic carboxylic acids is 1. The van der Waals surface area contributed by atoms with Gasteiger partial charge in [0.05, 0.1) is 17.4 Å². The number of carboxylic acids is 1. The summed E-state index contributed by atoms with van der Waals surface area (Å²) in [6, 6.07) is 5.57. The van der Waals surface area contributed by atoms with E-state index in [2.05, 4.69) is 18.8 Å². The summed E-state index contributed by atoms with van der Waals surface area (Å²) in [6.07, 6.45) is 2.70. The van der Waals surface area contributed by atoms with E-state index >= 15 is 0 Å². The van der Waals surface area contributed by atoms with Gasteiger partial charge >= 0.3 is 5.97 Å². The molecule has 0 aliphatic rings. The van der Waals surface area contributed by atoms with Crippen molar-refractivity contribution in [2.75, 3.05) is 0 Å². The Morgan fingerprint density at radius 1 is 1.56 bits per heavy atom. The summed E-state index contributed by atoms with van der Waals surface area (Å²) in [7, 11) is 0. The Labute approximate surface area is 93.5 Å². The standard InChI is InChI=1S/C12H14N2O2/c1-3-8(2)14-7-13-11-9(12(15)16)5-4-6-10(11)14/h4-8H,3H2,1-2H3,(H,15,16). The Bertz CT molecular complexity index is 531. The lowest BCUT2D eigenvalue weighted by molar-refractivity contribution is 0.0699. The van der Waals surface area contributed by atoms with E-state index in [-0.39, 0.29) is 5.56 Å². The van der Waals surface area contributed by atoms with Crippen LogP contribution in [0.1, 0.15) is 36.7 Å². The molecule has 1 unspecified atom stereocenters. The monoisotopic (exact) mass is 218 g/mol. The molecule has 4 heteroatoms. The van der Waals surface area contributed by atoms with Crippen molar-refractivity contribution in [2.45, 2.75) is 26.3 Å². The van der Waals surface area contributed by atoms with E-state index < -0.39 is 5.97 Å². The zero-order valence-electron chi connectivity index (χ0n) is 9.34. The number of rotatable bonds is 3. The number of hydrogen-bond acceptors (Lipinski definition) is 2. The van der Waals surface area contributed by atoms with Gasteiger partial charge in [-0.2, -0.15) is 0 Å². The van der Waals surface area contributed by atoms with E-state index in [1.54, 1.807) is 18.5 Å². The molecule has 0 amide bonds. The van der Waals surface area contributed by atoms with Gasteiger partial charge in [-0.3, -0.25) is 0 Å². The van der Waals surface area contributed by atoms with E-state index in [1.807, 2.05) is 10.6 Å². The number of fused-ring (bicyclic) bond motifs is 1. The number of hydrogen-bond donors (Lipinski definition) is 1. The first-order valence-corrected chi connectivity index (χ1v) is 5.34. The number of para-hydroxylation sites is 1. The third-order valence-electron chi connectivity index (χ3n) is 2.90. The molecular formula is C12H14N2O2. The van der Waals surface area contributed by atoms with Crippen LogP contribution in [-0.4, -0.2) is 20.6 Å². The van der Waals surface area contributed by atoms with E-state index in [1.165, 1.54) is 0 Å². The van der Waals surface area contributed by atoms with Crippen LogP contribution in [0.5, 0.6) is 0 Å². The van der Waals surface area contributed by atoms with Gasteiger partial charge in [0.1, 0.15) is 5.52 Å². The minimum Gasteiger partial charge on any atom is -0.478 e. The minimum absolute atomic E-state index is 0.263. The van der Waals surface area contributed by atoms with Crippen LogP contribution >= 0.6 is 0 Å². The van der Waals surface area contributed by atoms with Crippen molar-refractivity contribution in [3.05, 3.63) is 30.1 Å². The summed E-state index contributed by atoms with van der Waals surface area (Å²) in [5, 5.41) is 9.04. The molecule has 0 radical (unpaired) electrons. The summed E-state index contributed by atoms with van der Waals surface area (Å²) in [5.74, 6) is -0.931. The first kappa shape index (κ1) is 10.7. The number of carboxylic acid groups (broad SMARTS) is 1. The molecule has 0 fully saturated rings. The highest BCUT2D eigenvalue weighted by molar-refractivity contribution is 6.00. The fourth-order valence-electron chi connectivity index (χ4n) is 1.78. The van der Waals surface area contributed by atoms with Crippen molar-refractivity contribution in [1.29, 1.82) is 0 Å². The highest BCUT2D eigenvalue weighted by Crippen LogP contribution is 2.22. The molecule has 1 atom stereocenters. The van der Waals surface area contributed by atoms with Crippen molar-refractivity contribution in [3.8, 4) is 0 Å². The maximum absolute atomic E-state index is 11.0. The highest BCUT2D eigenvalue weighted by Gasteiger charge is 2.13. The van der Waals surface area contributed by atoms with Crippen LogP contribution in [0.25, 0.3) is 11.0 Å². The predicted molar refractivity (Wildman–Crippen MR) is 61.7 cm³/mol. The Kier molecular flexibility index (Phi) is 2.64. The van der Waals surface area contributed by atoms with Gasteiger partial charge in [-0.05, 0) is 25.5 Å². The molecule has 2 rings (SSSR count). The second kappa shape index (κ2) is 3.96. The van der Waals surface area contributed by atoms with Crippen molar-refractivity contribution in [1.82, 2.24) is 9.55 Å². The highest BCUT2D eigenvalue weighted by atomic mass is 16.4. The zero-order chi connectivity index (χ0) is 11.7. The van der Waals surface area contributed by atoms with Gasteiger partial charge < -0.3 is 9.67 Å². The fourth-order valence-corrected chi connectivity index (χ4v) is 1.78. The third-order valence-corrected chi connectivity index (χ3v) is 2.90. The lowest BCUT2D eigenvalue weighted by Crippen LogP contribution is -2.02. The van der Waals surface area contributed by atoms with Crippen LogP contribution in [-0.2, 0) is 0 Å². The Morgan fingerprint density at radius 3 is 2.94 bits per heavy atom. The SMILES string of the molecule is CCC(C)n1cnc2c(C(=O)O)cccc21. The second-order valence-corrected chi connectivity index (χ2v) is 3.89. The molecule has 0 saturated heterocycles. The Hall–Kier alpha value is -1.84. The first-order valence-electron chi connectivity index (χ1n) is 5.34. The fraction of sp³-hybridized carbons (Fsp3) is 0.333. The predicted octanol–water partition coefficient (Wildman–Crippen LogP) is 2.71. The van der Waals surface area contributed by atoms with Crippen molar-refractivity contribution in [3.63, 3.8) is 0 Å². The first-order chi connectivity index (χ1) is 7.65. The van der Waals surface area contributed by atoms with Crippen LogP contribution in [0.2, 0.25) is 0 Å². The van der Waals surface area contributed by atoms with Crippen LogP contribution in [0.3, 0.4) is 0 Å². The molecule has 0 spiro atoms. The molecule has 4 nitrogen and oxygen atoms in total. The van der Waals surface area contributed by atoms with E-state index in [0.717, 1.165) is 11.9 Å². The molecule has 0 aliphatic carbocycles. The minimum atomic E-state index is -0.931. The van der Waals surface area contributed by atoms with Gasteiger partial charge in [0.25, 0.3) is 0 Å². The molecule has 16 heavy (non-hydrogen) atoms. The average molecular weight is 218 g/mol. The van der Waals surface area contributed by atoms with Gasteiger partial charge in [-0.15, -0.1) is 0 Å². The summed E-state index contributed by atoms with van der Waals surface area (Å²) < 4.78 is 2.02. The van der Waals surface area contributed by atoms with Gasteiger partial charge in [0.15, 0.2) is 0 Å². The average Bonchev–Trinajstić information content (AvgIpc) is 2.71. The van der Waals surface area contributed by atoms with Crippen molar-refractivity contribution in [2.24, 2.45) is 0 Å². The lowest BCUT2D eigenvalue weighted by atomic mass is 10.1. The van der Waals surface area contributed by atoms with Gasteiger partial charge in [-0.25, -0.2) is 9.78 Å². The van der Waals surface area contributed by atoms with E-state index in [0.29, 0.717) is 11.6 Å². The largest absolute Gasteiger partial charge is 0.478 e. The normalized spacial score (nSPS) is 12.9. The van der Waals surface area contributed by atoms with Crippen molar-refractivity contribution < 1.29 is 9.90 Å². The van der Waals surface area contributed by atoms with E-state index in [4.69, 9.17) is 5.11 Å². The number of benzene rings is 1. The maximum Gasteiger partial charge on any atom is 0.337 e. The molecule has 0 saturated carbocycles. The van der Waals surface area contributed by atoms with Crippen LogP contribution in [0.4, 0.5) is 0 Å². The summed E-state index contributed by atoms with van der Waals surface area (Å²) in [5.41, 5.74) is 1.71. The number of carbonyl (C=O) groups is 1. The molecular weight excluding hydrogens is 204 g/mol. The maximum atomic E-state index is 11.0. The smallest absolute Gasteiger partial charge is 0.337 e.